The van der Waals surface area contributed by atoms with E-state index < -0.39 is 17.7 Å². The first-order valence-corrected chi connectivity index (χ1v) is 7.76. The molecule has 3 rings (SSSR count). The highest BCUT2D eigenvalue weighted by molar-refractivity contribution is 6.00. The van der Waals surface area contributed by atoms with Crippen LogP contribution in [0.15, 0.2) is 27.4 Å². The summed E-state index contributed by atoms with van der Waals surface area (Å²) in [5.41, 5.74) is 1.51. The molecule has 0 saturated carbocycles. The minimum atomic E-state index is -0.733. The van der Waals surface area contributed by atoms with Gasteiger partial charge in [-0.25, -0.2) is 4.79 Å². The average molecular weight is 326 g/mol. The smallest absolute Gasteiger partial charge is 0.408 e. The predicted octanol–water partition coefficient (Wildman–Crippen LogP) is 1.97. The molecule has 1 atom stereocenters. The number of hydrogen-bond donors (Lipinski definition) is 1. The Morgan fingerprint density at radius 2 is 2.00 bits per heavy atom. The number of carbonyl (C=O) groups is 2. The molecule has 1 aliphatic heterocycles. The fourth-order valence-electron chi connectivity index (χ4n) is 2.60. The van der Waals surface area contributed by atoms with Crippen LogP contribution >= 0.6 is 0 Å². The van der Waals surface area contributed by atoms with Crippen molar-refractivity contribution in [1.82, 2.24) is 9.88 Å². The fourth-order valence-corrected chi connectivity index (χ4v) is 2.60. The van der Waals surface area contributed by atoms with Crippen LogP contribution in [0, 0.1) is 17.3 Å². The number of fused-ring (bicyclic) bond motifs is 1. The molecular weight excluding hydrogens is 308 g/mol. The molecular formula is C18H18N2O4. The number of amides is 2. The quantitative estimate of drug-likeness (QED) is 0.642. The molecule has 1 saturated heterocycles. The van der Waals surface area contributed by atoms with E-state index in [1.54, 1.807) is 18.2 Å². The van der Waals surface area contributed by atoms with Gasteiger partial charge in [-0.3, -0.25) is 19.5 Å². The Labute approximate surface area is 138 Å². The number of aromatic nitrogens is 1. The molecule has 24 heavy (non-hydrogen) atoms. The van der Waals surface area contributed by atoms with Crippen LogP contribution in [-0.2, 0) is 9.59 Å². The molecule has 124 valence electrons. The van der Waals surface area contributed by atoms with Gasteiger partial charge in [0.15, 0.2) is 5.58 Å². The van der Waals surface area contributed by atoms with Crippen molar-refractivity contribution < 1.29 is 14.0 Å². The average Bonchev–Trinajstić information content (AvgIpc) is 2.80. The minimum Gasteiger partial charge on any atom is -0.408 e. The topological polar surface area (TPSA) is 81.3 Å². The van der Waals surface area contributed by atoms with E-state index in [1.165, 1.54) is 4.57 Å². The van der Waals surface area contributed by atoms with Crippen LogP contribution in [0.2, 0.25) is 0 Å². The summed E-state index contributed by atoms with van der Waals surface area (Å²) < 4.78 is 6.58. The van der Waals surface area contributed by atoms with E-state index in [-0.39, 0.29) is 24.2 Å². The highest BCUT2D eigenvalue weighted by Crippen LogP contribution is 2.23. The van der Waals surface area contributed by atoms with Gasteiger partial charge in [-0.2, -0.15) is 0 Å². The molecule has 0 bridgehead atoms. The minimum absolute atomic E-state index is 0.131. The van der Waals surface area contributed by atoms with Crippen molar-refractivity contribution in [3.63, 3.8) is 0 Å². The second-order valence-electron chi connectivity index (χ2n) is 6.89. The Bertz CT molecular complexity index is 947. The van der Waals surface area contributed by atoms with Gasteiger partial charge in [0.2, 0.25) is 11.8 Å². The van der Waals surface area contributed by atoms with Crippen molar-refractivity contribution in [2.75, 3.05) is 0 Å². The fraction of sp³-hybridized carbons (Fsp3) is 0.389. The van der Waals surface area contributed by atoms with Gasteiger partial charge in [0.25, 0.3) is 0 Å². The Morgan fingerprint density at radius 1 is 1.25 bits per heavy atom. The number of hydrogen-bond acceptors (Lipinski definition) is 4. The summed E-state index contributed by atoms with van der Waals surface area (Å²) >= 11 is 0. The monoisotopic (exact) mass is 326 g/mol. The predicted molar refractivity (Wildman–Crippen MR) is 88.2 cm³/mol. The van der Waals surface area contributed by atoms with Crippen LogP contribution in [0.4, 0.5) is 0 Å². The van der Waals surface area contributed by atoms with Crippen LogP contribution in [0.1, 0.15) is 45.2 Å². The number of nitrogens with one attached hydrogen (secondary N) is 1. The summed E-state index contributed by atoms with van der Waals surface area (Å²) in [5, 5.41) is 2.26. The van der Waals surface area contributed by atoms with E-state index in [1.807, 2.05) is 20.8 Å². The number of piperidine rings is 1. The normalized spacial score (nSPS) is 18.2. The van der Waals surface area contributed by atoms with Gasteiger partial charge in [0.1, 0.15) is 6.04 Å². The third-order valence-corrected chi connectivity index (χ3v) is 3.72. The molecule has 2 amide bonds. The van der Waals surface area contributed by atoms with Crippen molar-refractivity contribution in [1.29, 1.82) is 0 Å². The lowest BCUT2D eigenvalue weighted by Crippen LogP contribution is -2.43. The van der Waals surface area contributed by atoms with E-state index in [0.717, 1.165) is 5.56 Å². The third kappa shape index (κ3) is 3.11. The molecule has 0 radical (unpaired) electrons. The zero-order chi connectivity index (χ0) is 17.5. The Kier molecular flexibility index (Phi) is 3.80. The number of carbonyl (C=O) groups excluding carboxylic acids is 2. The molecule has 1 aliphatic rings. The van der Waals surface area contributed by atoms with Crippen molar-refractivity contribution in [2.24, 2.45) is 5.41 Å². The van der Waals surface area contributed by atoms with Crippen LogP contribution < -0.4 is 11.1 Å². The van der Waals surface area contributed by atoms with Gasteiger partial charge >= 0.3 is 5.76 Å². The maximum atomic E-state index is 12.2. The highest BCUT2D eigenvalue weighted by atomic mass is 16.4. The second-order valence-corrected chi connectivity index (χ2v) is 6.89. The van der Waals surface area contributed by atoms with Gasteiger partial charge in [-0.05, 0) is 45.4 Å². The molecule has 1 N–H and O–H groups in total. The standard InChI is InChI=1S/C18H18N2O4/c1-18(2,3)9-8-11-4-5-12-14(10-11)24-17(23)20(12)13-6-7-15(21)19-16(13)22/h4-5,10,13H,6-7H2,1-3H3,(H,19,21,22). The van der Waals surface area contributed by atoms with Crippen LogP contribution in [0.25, 0.3) is 11.1 Å². The molecule has 2 heterocycles. The van der Waals surface area contributed by atoms with E-state index in [9.17, 15) is 14.4 Å². The van der Waals surface area contributed by atoms with Crippen LogP contribution in [-0.4, -0.2) is 16.4 Å². The van der Waals surface area contributed by atoms with Crippen molar-refractivity contribution >= 4 is 22.9 Å². The molecule has 2 aromatic rings. The van der Waals surface area contributed by atoms with Crippen LogP contribution in [0.5, 0.6) is 0 Å². The second kappa shape index (κ2) is 5.68. The lowest BCUT2D eigenvalue weighted by Gasteiger charge is -2.21. The number of imide groups is 1. The Balaban J connectivity index is 2.03. The third-order valence-electron chi connectivity index (χ3n) is 3.72. The molecule has 1 fully saturated rings. The summed E-state index contributed by atoms with van der Waals surface area (Å²) in [5.74, 6) is 4.76. The SMILES string of the molecule is CC(C)(C)C#Cc1ccc2c(c1)oc(=O)n2C1CCC(=O)NC1=O. The zero-order valence-corrected chi connectivity index (χ0v) is 13.8. The molecule has 1 unspecified atom stereocenters. The molecule has 6 nitrogen and oxygen atoms in total. The molecule has 6 heteroatoms. The number of rotatable bonds is 1. The van der Waals surface area contributed by atoms with Gasteiger partial charge in [-0.1, -0.05) is 11.8 Å². The summed E-state index contributed by atoms with van der Waals surface area (Å²) in [6.45, 7) is 6.04. The van der Waals surface area contributed by atoms with Gasteiger partial charge in [0, 0.05) is 17.4 Å². The van der Waals surface area contributed by atoms with E-state index in [2.05, 4.69) is 17.2 Å². The van der Waals surface area contributed by atoms with Gasteiger partial charge < -0.3 is 4.42 Å². The largest absolute Gasteiger partial charge is 0.420 e. The first kappa shape index (κ1) is 16.1. The van der Waals surface area contributed by atoms with Crippen LogP contribution in [0.3, 0.4) is 0 Å². The lowest BCUT2D eigenvalue weighted by molar-refractivity contribution is -0.135. The van der Waals surface area contributed by atoms with E-state index in [0.29, 0.717) is 11.1 Å². The van der Waals surface area contributed by atoms with E-state index >= 15 is 0 Å². The Hall–Kier alpha value is -2.81. The van der Waals surface area contributed by atoms with Crippen molar-refractivity contribution in [3.05, 3.63) is 34.3 Å². The lowest BCUT2D eigenvalue weighted by atomic mass is 9.97. The number of nitrogens with zero attached hydrogens (tertiary/aromatic N) is 1. The maximum absolute atomic E-state index is 12.2. The summed E-state index contributed by atoms with van der Waals surface area (Å²) in [6, 6.07) is 4.47. The van der Waals surface area contributed by atoms with Gasteiger partial charge in [0.05, 0.1) is 5.52 Å². The molecule has 0 spiro atoms. The molecule has 1 aromatic heterocycles. The van der Waals surface area contributed by atoms with Crippen molar-refractivity contribution in [2.45, 2.75) is 39.7 Å². The summed E-state index contributed by atoms with van der Waals surface area (Å²) in [6.07, 6.45) is 0.482. The zero-order valence-electron chi connectivity index (χ0n) is 13.8. The Morgan fingerprint density at radius 3 is 2.67 bits per heavy atom. The number of benzene rings is 1. The van der Waals surface area contributed by atoms with E-state index in [4.69, 9.17) is 4.42 Å². The molecule has 0 aliphatic carbocycles. The van der Waals surface area contributed by atoms with Crippen molar-refractivity contribution in [3.8, 4) is 11.8 Å². The molecule has 1 aromatic carbocycles. The summed E-state index contributed by atoms with van der Waals surface area (Å²) in [7, 11) is 0. The summed E-state index contributed by atoms with van der Waals surface area (Å²) in [4.78, 5) is 35.5. The number of oxazole rings is 1. The van der Waals surface area contributed by atoms with Gasteiger partial charge in [-0.15, -0.1) is 0 Å². The first-order chi connectivity index (χ1) is 11.2. The maximum Gasteiger partial charge on any atom is 0.420 e. The first-order valence-electron chi connectivity index (χ1n) is 7.76. The highest BCUT2D eigenvalue weighted by Gasteiger charge is 2.31.